The molecule has 0 bridgehead atoms. The fourth-order valence-corrected chi connectivity index (χ4v) is 3.26. The molecule has 31 heavy (non-hydrogen) atoms. The van der Waals surface area contributed by atoms with Crippen molar-refractivity contribution < 1.29 is 14.6 Å². The number of ether oxygens (including phenoxy) is 1. The average molecular weight is 417 g/mol. The lowest BCUT2D eigenvalue weighted by Gasteiger charge is -2.27. The van der Waals surface area contributed by atoms with Crippen molar-refractivity contribution in [2.75, 3.05) is 6.61 Å². The summed E-state index contributed by atoms with van der Waals surface area (Å²) in [6.07, 6.45) is 0. The molecule has 0 heterocycles. The molecule has 0 radical (unpaired) electrons. The Morgan fingerprint density at radius 1 is 0.903 bits per heavy atom. The monoisotopic (exact) mass is 416 g/mol. The summed E-state index contributed by atoms with van der Waals surface area (Å²) in [5.41, 5.74) is 5.19. The van der Waals surface area contributed by atoms with Crippen molar-refractivity contribution in [2.45, 2.75) is 33.3 Å². The summed E-state index contributed by atoms with van der Waals surface area (Å²) in [7, 11) is 0. The Bertz CT molecular complexity index is 1010. The van der Waals surface area contributed by atoms with Gasteiger partial charge in [0.05, 0.1) is 12.3 Å². The number of carbonyl (C=O) groups is 1. The third kappa shape index (κ3) is 5.01. The molecule has 5 heteroatoms. The van der Waals surface area contributed by atoms with Gasteiger partial charge in [-0.1, -0.05) is 59.7 Å². The minimum atomic E-state index is -1.87. The molecule has 3 rings (SSSR count). The summed E-state index contributed by atoms with van der Waals surface area (Å²) < 4.78 is 5.46. The van der Waals surface area contributed by atoms with Crippen LogP contribution in [0.5, 0.6) is 5.75 Å². The van der Waals surface area contributed by atoms with Crippen molar-refractivity contribution in [3.05, 3.63) is 101 Å². The predicted molar refractivity (Wildman–Crippen MR) is 123 cm³/mol. The van der Waals surface area contributed by atoms with Crippen LogP contribution in [-0.4, -0.2) is 23.3 Å². The van der Waals surface area contributed by atoms with Crippen molar-refractivity contribution in [2.24, 2.45) is 5.10 Å². The predicted octanol–water partition coefficient (Wildman–Crippen LogP) is 4.48. The van der Waals surface area contributed by atoms with Gasteiger partial charge in [0.2, 0.25) is 0 Å². The number of amides is 1. The molecule has 160 valence electrons. The van der Waals surface area contributed by atoms with E-state index in [1.807, 2.05) is 69.3 Å². The Balaban J connectivity index is 1.90. The largest absolute Gasteiger partial charge is 0.494 e. The second-order valence-electron chi connectivity index (χ2n) is 7.54. The average Bonchev–Trinajstić information content (AvgIpc) is 2.78. The zero-order valence-corrected chi connectivity index (χ0v) is 18.3. The van der Waals surface area contributed by atoms with Gasteiger partial charge in [-0.2, -0.15) is 5.10 Å². The number of hydrazone groups is 1. The maximum atomic E-state index is 13.2. The van der Waals surface area contributed by atoms with Gasteiger partial charge in [-0.05, 0) is 68.7 Å². The summed E-state index contributed by atoms with van der Waals surface area (Å²) in [6, 6.07) is 22.0. The molecule has 0 atom stereocenters. The third-order valence-corrected chi connectivity index (χ3v) is 5.18. The van der Waals surface area contributed by atoms with E-state index >= 15 is 0 Å². The van der Waals surface area contributed by atoms with Crippen LogP contribution in [0.2, 0.25) is 0 Å². The molecule has 0 aliphatic carbocycles. The van der Waals surface area contributed by atoms with E-state index in [-0.39, 0.29) is 0 Å². The van der Waals surface area contributed by atoms with Gasteiger partial charge in [0.25, 0.3) is 5.91 Å². The number of rotatable bonds is 7. The van der Waals surface area contributed by atoms with Crippen LogP contribution in [0.4, 0.5) is 0 Å². The first kappa shape index (κ1) is 22.2. The SMILES string of the molecule is CCOc1ccc(/C(C)=N/NC(=O)C(O)(c2ccc(C)cc2)c2ccc(C)cc2)cc1. The van der Waals surface area contributed by atoms with Gasteiger partial charge < -0.3 is 9.84 Å². The van der Waals surface area contributed by atoms with Crippen LogP contribution in [0.15, 0.2) is 77.9 Å². The Labute approximate surface area is 183 Å². The fourth-order valence-electron chi connectivity index (χ4n) is 3.26. The molecular formula is C26H28N2O3. The summed E-state index contributed by atoms with van der Waals surface area (Å²) in [5, 5.41) is 15.8. The first-order valence-electron chi connectivity index (χ1n) is 10.3. The van der Waals surface area contributed by atoms with Gasteiger partial charge >= 0.3 is 0 Å². The maximum Gasteiger partial charge on any atom is 0.281 e. The van der Waals surface area contributed by atoms with E-state index in [0.717, 1.165) is 22.4 Å². The molecule has 0 aliphatic heterocycles. The van der Waals surface area contributed by atoms with Crippen molar-refractivity contribution >= 4 is 11.6 Å². The van der Waals surface area contributed by atoms with E-state index in [1.165, 1.54) is 0 Å². The Hall–Kier alpha value is -3.44. The summed E-state index contributed by atoms with van der Waals surface area (Å²) in [6.45, 7) is 8.24. The van der Waals surface area contributed by atoms with Gasteiger partial charge in [-0.25, -0.2) is 5.43 Å². The van der Waals surface area contributed by atoms with Gasteiger partial charge in [-0.3, -0.25) is 4.79 Å². The van der Waals surface area contributed by atoms with Crippen molar-refractivity contribution in [1.29, 1.82) is 0 Å². The second-order valence-corrected chi connectivity index (χ2v) is 7.54. The molecule has 5 nitrogen and oxygen atoms in total. The minimum Gasteiger partial charge on any atom is -0.494 e. The number of benzene rings is 3. The van der Waals surface area contributed by atoms with Gasteiger partial charge in [0, 0.05) is 0 Å². The number of carbonyl (C=O) groups excluding carboxylic acids is 1. The minimum absolute atomic E-state index is 0.480. The van der Waals surface area contributed by atoms with E-state index in [0.29, 0.717) is 23.4 Å². The van der Waals surface area contributed by atoms with E-state index < -0.39 is 11.5 Å². The normalized spacial score (nSPS) is 11.8. The second kappa shape index (κ2) is 9.58. The number of hydrogen-bond donors (Lipinski definition) is 2. The molecule has 0 unspecified atom stereocenters. The first-order chi connectivity index (χ1) is 14.8. The lowest BCUT2D eigenvalue weighted by molar-refractivity contribution is -0.136. The molecule has 1 amide bonds. The molecule has 0 aromatic heterocycles. The highest BCUT2D eigenvalue weighted by Gasteiger charge is 2.40. The standard InChI is InChI=1S/C26H28N2O3/c1-5-31-24-16-10-21(11-17-24)20(4)27-28-25(29)26(30,22-12-6-18(2)7-13-22)23-14-8-19(3)9-15-23/h6-17,30H,5H2,1-4H3,(H,28,29)/b27-20+. The molecule has 2 N–H and O–H groups in total. The molecular weight excluding hydrogens is 388 g/mol. The molecule has 0 aliphatic rings. The maximum absolute atomic E-state index is 13.2. The molecule has 0 fully saturated rings. The topological polar surface area (TPSA) is 70.9 Å². The highest BCUT2D eigenvalue weighted by molar-refractivity contribution is 6.00. The van der Waals surface area contributed by atoms with Gasteiger partial charge in [0.1, 0.15) is 5.75 Å². The van der Waals surface area contributed by atoms with Crippen LogP contribution in [-0.2, 0) is 10.4 Å². The smallest absolute Gasteiger partial charge is 0.281 e. The molecule has 0 spiro atoms. The number of nitrogens with zero attached hydrogens (tertiary/aromatic N) is 1. The van der Waals surface area contributed by atoms with E-state index in [4.69, 9.17) is 4.74 Å². The first-order valence-corrected chi connectivity index (χ1v) is 10.3. The third-order valence-electron chi connectivity index (χ3n) is 5.18. The molecule has 0 saturated heterocycles. The van der Waals surface area contributed by atoms with E-state index in [9.17, 15) is 9.90 Å². The van der Waals surface area contributed by atoms with Gasteiger partial charge in [-0.15, -0.1) is 0 Å². The number of aryl methyl sites for hydroxylation is 2. The summed E-state index contributed by atoms with van der Waals surface area (Å²) >= 11 is 0. The zero-order valence-electron chi connectivity index (χ0n) is 18.3. The van der Waals surface area contributed by atoms with Crippen molar-refractivity contribution in [3.8, 4) is 5.75 Å². The molecule has 0 saturated carbocycles. The van der Waals surface area contributed by atoms with Crippen LogP contribution in [0.1, 0.15) is 41.7 Å². The van der Waals surface area contributed by atoms with E-state index in [1.54, 1.807) is 31.2 Å². The zero-order chi connectivity index (χ0) is 22.4. The van der Waals surface area contributed by atoms with Crippen LogP contribution in [0.3, 0.4) is 0 Å². The lowest BCUT2D eigenvalue weighted by Crippen LogP contribution is -2.44. The number of nitrogens with one attached hydrogen (secondary N) is 1. The Kier molecular flexibility index (Phi) is 6.88. The fraction of sp³-hybridized carbons (Fsp3) is 0.231. The quantitative estimate of drug-likeness (QED) is 0.441. The van der Waals surface area contributed by atoms with Crippen LogP contribution in [0, 0.1) is 13.8 Å². The molecule has 3 aromatic rings. The van der Waals surface area contributed by atoms with Crippen LogP contribution in [0.25, 0.3) is 0 Å². The number of hydrogen-bond acceptors (Lipinski definition) is 4. The van der Waals surface area contributed by atoms with Gasteiger partial charge in [0.15, 0.2) is 5.60 Å². The summed E-state index contributed by atoms with van der Waals surface area (Å²) in [4.78, 5) is 13.2. The van der Waals surface area contributed by atoms with Crippen LogP contribution < -0.4 is 10.2 Å². The van der Waals surface area contributed by atoms with Crippen molar-refractivity contribution in [3.63, 3.8) is 0 Å². The van der Waals surface area contributed by atoms with Crippen LogP contribution >= 0.6 is 0 Å². The molecule has 3 aromatic carbocycles. The highest BCUT2D eigenvalue weighted by Crippen LogP contribution is 2.30. The lowest BCUT2D eigenvalue weighted by atomic mass is 9.85. The Morgan fingerprint density at radius 3 is 1.84 bits per heavy atom. The Morgan fingerprint density at radius 2 is 1.39 bits per heavy atom. The van der Waals surface area contributed by atoms with E-state index in [2.05, 4.69) is 10.5 Å². The highest BCUT2D eigenvalue weighted by atomic mass is 16.5. The number of aliphatic hydroxyl groups is 1. The van der Waals surface area contributed by atoms with Crippen molar-refractivity contribution in [1.82, 2.24) is 5.43 Å². The summed E-state index contributed by atoms with van der Waals surface area (Å²) in [5.74, 6) is 0.154.